The van der Waals surface area contributed by atoms with Crippen LogP contribution in [0.1, 0.15) is 12.5 Å². The summed E-state index contributed by atoms with van der Waals surface area (Å²) in [6, 6.07) is 15.0. The maximum atomic E-state index is 12.1. The fourth-order valence-corrected chi connectivity index (χ4v) is 3.68. The summed E-state index contributed by atoms with van der Waals surface area (Å²) in [6.45, 7) is 2.69. The number of amides is 1. The lowest BCUT2D eigenvalue weighted by molar-refractivity contribution is -0.118. The van der Waals surface area contributed by atoms with Gasteiger partial charge in [-0.2, -0.15) is 5.10 Å². The Bertz CT molecular complexity index is 1080. The van der Waals surface area contributed by atoms with Crippen molar-refractivity contribution in [2.75, 3.05) is 12.9 Å². The number of carbonyl (C=O) groups excluding carboxylic acids is 1. The largest absolute Gasteiger partial charge is 0.496 e. The molecule has 31 heavy (non-hydrogen) atoms. The van der Waals surface area contributed by atoms with Crippen molar-refractivity contribution in [3.8, 4) is 17.1 Å². The summed E-state index contributed by atoms with van der Waals surface area (Å²) in [4.78, 5) is 12.1. The molecule has 0 radical (unpaired) electrons. The molecule has 1 heterocycles. The number of hydrazone groups is 1. The van der Waals surface area contributed by atoms with Crippen molar-refractivity contribution in [1.29, 1.82) is 0 Å². The van der Waals surface area contributed by atoms with Crippen LogP contribution in [0.2, 0.25) is 5.02 Å². The van der Waals surface area contributed by atoms with Crippen molar-refractivity contribution < 1.29 is 9.53 Å². The highest BCUT2D eigenvalue weighted by atomic mass is 35.5. The number of allylic oxidation sites excluding steroid dienone is 1. The second-order valence-electron chi connectivity index (χ2n) is 6.26. The van der Waals surface area contributed by atoms with Gasteiger partial charge in [-0.25, -0.2) is 5.43 Å². The molecule has 160 valence electrons. The van der Waals surface area contributed by atoms with Crippen LogP contribution < -0.4 is 10.2 Å². The van der Waals surface area contributed by atoms with Crippen LogP contribution >= 0.6 is 23.4 Å². The number of hydrogen-bond donors (Lipinski definition) is 1. The van der Waals surface area contributed by atoms with Gasteiger partial charge in [-0.3, -0.25) is 4.79 Å². The molecule has 0 spiro atoms. The first-order valence-corrected chi connectivity index (χ1v) is 10.9. The van der Waals surface area contributed by atoms with Crippen LogP contribution in [0, 0.1) is 0 Å². The minimum absolute atomic E-state index is 0.173. The highest BCUT2D eigenvalue weighted by Crippen LogP contribution is 2.25. The van der Waals surface area contributed by atoms with Crippen molar-refractivity contribution in [2.45, 2.75) is 18.6 Å². The second kappa shape index (κ2) is 11.3. The van der Waals surface area contributed by atoms with E-state index in [1.807, 2.05) is 66.1 Å². The zero-order chi connectivity index (χ0) is 22.1. The maximum absolute atomic E-state index is 12.1. The van der Waals surface area contributed by atoms with Crippen LogP contribution in [-0.4, -0.2) is 39.7 Å². The third-order valence-electron chi connectivity index (χ3n) is 4.23. The number of thioether (sulfide) groups is 1. The van der Waals surface area contributed by atoms with Gasteiger partial charge in [-0.05, 0) is 49.4 Å². The summed E-state index contributed by atoms with van der Waals surface area (Å²) in [5.41, 5.74) is 4.35. The van der Waals surface area contributed by atoms with Gasteiger partial charge in [-0.15, -0.1) is 10.2 Å². The molecular formula is C22H22ClN5O2S. The first kappa shape index (κ1) is 22.6. The normalized spacial score (nSPS) is 11.3. The van der Waals surface area contributed by atoms with Gasteiger partial charge in [0.25, 0.3) is 5.91 Å². The Labute approximate surface area is 190 Å². The third-order valence-corrected chi connectivity index (χ3v) is 5.45. The predicted molar refractivity (Wildman–Crippen MR) is 126 cm³/mol. The highest BCUT2D eigenvalue weighted by molar-refractivity contribution is 7.99. The van der Waals surface area contributed by atoms with Gasteiger partial charge in [0.1, 0.15) is 5.75 Å². The molecule has 0 fully saturated rings. The number of aromatic nitrogens is 3. The van der Waals surface area contributed by atoms with Gasteiger partial charge in [0, 0.05) is 28.9 Å². The minimum atomic E-state index is -0.231. The Morgan fingerprint density at radius 3 is 2.74 bits per heavy atom. The monoisotopic (exact) mass is 455 g/mol. The van der Waals surface area contributed by atoms with E-state index in [2.05, 4.69) is 20.7 Å². The SMILES string of the molecule is CCn1c(SCC(=O)NN=CC=Cc2ccccc2OC)nnc1-c1ccc(Cl)cc1. The predicted octanol–water partition coefficient (Wildman–Crippen LogP) is 4.53. The molecule has 0 unspecified atom stereocenters. The first-order chi connectivity index (χ1) is 15.1. The molecule has 1 aromatic heterocycles. The number of carbonyl (C=O) groups is 1. The van der Waals surface area contributed by atoms with Gasteiger partial charge in [0.2, 0.25) is 0 Å². The molecular weight excluding hydrogens is 434 g/mol. The molecule has 0 aliphatic heterocycles. The van der Waals surface area contributed by atoms with Crippen LogP contribution in [0.25, 0.3) is 17.5 Å². The standard InChI is InChI=1S/C22H22ClN5O2S/c1-3-28-21(17-10-12-18(23)13-11-17)26-27-22(28)31-15-20(29)25-24-14-6-8-16-7-4-5-9-19(16)30-2/h4-14H,3,15H2,1-2H3,(H,25,29). The quantitative estimate of drug-likeness (QED) is 0.291. The van der Waals surface area contributed by atoms with Crippen molar-refractivity contribution in [1.82, 2.24) is 20.2 Å². The van der Waals surface area contributed by atoms with E-state index in [9.17, 15) is 4.79 Å². The zero-order valence-corrected chi connectivity index (χ0v) is 18.7. The van der Waals surface area contributed by atoms with E-state index < -0.39 is 0 Å². The average molecular weight is 456 g/mol. The van der Waals surface area contributed by atoms with Crippen molar-refractivity contribution in [2.24, 2.45) is 5.10 Å². The molecule has 1 N–H and O–H groups in total. The summed E-state index contributed by atoms with van der Waals surface area (Å²) in [7, 11) is 1.62. The molecule has 0 saturated heterocycles. The van der Waals surface area contributed by atoms with E-state index in [0.717, 1.165) is 22.7 Å². The van der Waals surface area contributed by atoms with Crippen molar-refractivity contribution in [3.63, 3.8) is 0 Å². The Hall–Kier alpha value is -3.10. The van der Waals surface area contributed by atoms with E-state index in [1.165, 1.54) is 18.0 Å². The molecule has 0 atom stereocenters. The summed E-state index contributed by atoms with van der Waals surface area (Å²) >= 11 is 7.26. The molecule has 0 saturated carbocycles. The number of ether oxygens (including phenoxy) is 1. The molecule has 3 aromatic rings. The summed E-state index contributed by atoms with van der Waals surface area (Å²) in [6.07, 6.45) is 5.10. The molecule has 9 heteroatoms. The van der Waals surface area contributed by atoms with E-state index in [4.69, 9.17) is 16.3 Å². The van der Waals surface area contributed by atoms with Crippen molar-refractivity contribution >= 4 is 41.6 Å². The maximum Gasteiger partial charge on any atom is 0.250 e. The summed E-state index contributed by atoms with van der Waals surface area (Å²) < 4.78 is 7.24. The Balaban J connectivity index is 1.53. The van der Waals surface area contributed by atoms with Gasteiger partial charge in [0.05, 0.1) is 12.9 Å². The second-order valence-corrected chi connectivity index (χ2v) is 7.64. The van der Waals surface area contributed by atoms with Gasteiger partial charge in [0.15, 0.2) is 11.0 Å². The molecule has 0 aliphatic carbocycles. The van der Waals surface area contributed by atoms with Crippen LogP contribution in [0.5, 0.6) is 5.75 Å². The molecule has 2 aromatic carbocycles. The number of benzene rings is 2. The lowest BCUT2D eigenvalue weighted by Crippen LogP contribution is -2.19. The number of rotatable bonds is 9. The van der Waals surface area contributed by atoms with E-state index in [0.29, 0.717) is 16.7 Å². The molecule has 1 amide bonds. The number of para-hydroxylation sites is 1. The zero-order valence-electron chi connectivity index (χ0n) is 17.2. The molecule has 3 rings (SSSR count). The Kier molecular flexibility index (Phi) is 8.26. The Morgan fingerprint density at radius 2 is 2.00 bits per heavy atom. The molecule has 0 bridgehead atoms. The average Bonchev–Trinajstić information content (AvgIpc) is 3.21. The smallest absolute Gasteiger partial charge is 0.250 e. The first-order valence-electron chi connectivity index (χ1n) is 9.56. The lowest BCUT2D eigenvalue weighted by Gasteiger charge is -2.07. The number of nitrogens with one attached hydrogen (secondary N) is 1. The van der Waals surface area contributed by atoms with Gasteiger partial charge >= 0.3 is 0 Å². The van der Waals surface area contributed by atoms with Gasteiger partial charge < -0.3 is 9.30 Å². The summed E-state index contributed by atoms with van der Waals surface area (Å²) in [5, 5.41) is 13.8. The Morgan fingerprint density at radius 1 is 1.23 bits per heavy atom. The topological polar surface area (TPSA) is 81.4 Å². The number of hydrogen-bond acceptors (Lipinski definition) is 6. The van der Waals surface area contributed by atoms with E-state index in [-0.39, 0.29) is 11.7 Å². The van der Waals surface area contributed by atoms with E-state index >= 15 is 0 Å². The van der Waals surface area contributed by atoms with Crippen molar-refractivity contribution in [3.05, 3.63) is 65.2 Å². The third kappa shape index (κ3) is 6.19. The van der Waals surface area contributed by atoms with Crippen LogP contribution in [0.3, 0.4) is 0 Å². The number of methoxy groups -OCH3 is 1. The fourth-order valence-electron chi connectivity index (χ4n) is 2.76. The molecule has 0 aliphatic rings. The van der Waals surface area contributed by atoms with Gasteiger partial charge in [-0.1, -0.05) is 41.6 Å². The van der Waals surface area contributed by atoms with Crippen LogP contribution in [0.15, 0.2) is 64.9 Å². The van der Waals surface area contributed by atoms with Crippen LogP contribution in [0.4, 0.5) is 0 Å². The summed E-state index contributed by atoms with van der Waals surface area (Å²) in [5.74, 6) is 1.45. The van der Waals surface area contributed by atoms with Crippen LogP contribution in [-0.2, 0) is 11.3 Å². The minimum Gasteiger partial charge on any atom is -0.496 e. The molecule has 7 nitrogen and oxygen atoms in total. The lowest BCUT2D eigenvalue weighted by atomic mass is 10.2. The number of nitrogens with zero attached hydrogens (tertiary/aromatic N) is 4. The number of halogens is 1. The fraction of sp³-hybridized carbons (Fsp3) is 0.182. The van der Waals surface area contributed by atoms with E-state index in [1.54, 1.807) is 13.2 Å². The highest BCUT2D eigenvalue weighted by Gasteiger charge is 2.14.